The van der Waals surface area contributed by atoms with E-state index in [0.717, 1.165) is 17.1 Å². The monoisotopic (exact) mass is 367 g/mol. The third-order valence-corrected chi connectivity index (χ3v) is 4.90. The van der Waals surface area contributed by atoms with E-state index in [2.05, 4.69) is 15.2 Å². The topological polar surface area (TPSA) is 63.9 Å². The van der Waals surface area contributed by atoms with Gasteiger partial charge >= 0.3 is 0 Å². The van der Waals surface area contributed by atoms with Crippen LogP contribution in [0.25, 0.3) is 11.4 Å². The first kappa shape index (κ1) is 18.1. The van der Waals surface area contributed by atoms with Gasteiger partial charge < -0.3 is 9.47 Å². The van der Waals surface area contributed by atoms with E-state index in [1.165, 1.54) is 11.8 Å². The van der Waals surface area contributed by atoms with E-state index in [-0.39, 0.29) is 11.9 Å². The fourth-order valence-corrected chi connectivity index (χ4v) is 3.47. The molecule has 3 rings (SSSR count). The molecule has 2 aromatic heterocycles. The van der Waals surface area contributed by atoms with Gasteiger partial charge in [-0.05, 0) is 38.1 Å². The van der Waals surface area contributed by atoms with Crippen molar-refractivity contribution in [2.75, 3.05) is 10.7 Å². The smallest absolute Gasteiger partial charge is 0.237 e. The summed E-state index contributed by atoms with van der Waals surface area (Å²) in [5.74, 6) is 1.07. The molecule has 0 atom stereocenters. The molecule has 3 aromatic rings. The normalized spacial score (nSPS) is 10.9. The molecule has 1 amide bonds. The van der Waals surface area contributed by atoms with Crippen molar-refractivity contribution in [3.05, 3.63) is 54.9 Å². The van der Waals surface area contributed by atoms with Crippen LogP contribution in [-0.2, 0) is 11.8 Å². The number of anilines is 1. The zero-order chi connectivity index (χ0) is 18.5. The molecule has 1 aromatic carbocycles. The van der Waals surface area contributed by atoms with Crippen molar-refractivity contribution in [2.24, 2.45) is 7.05 Å². The predicted molar refractivity (Wildman–Crippen MR) is 104 cm³/mol. The fourth-order valence-electron chi connectivity index (χ4n) is 2.70. The minimum Gasteiger partial charge on any atom is -0.309 e. The molecule has 0 aliphatic rings. The number of para-hydroxylation sites is 1. The van der Waals surface area contributed by atoms with Crippen molar-refractivity contribution in [1.29, 1.82) is 0 Å². The second-order valence-electron chi connectivity index (χ2n) is 6.09. The highest BCUT2D eigenvalue weighted by Crippen LogP contribution is 2.24. The maximum absolute atomic E-state index is 12.8. The van der Waals surface area contributed by atoms with Gasteiger partial charge in [0.25, 0.3) is 0 Å². The number of carbonyl (C=O) groups excluding carboxylic acids is 1. The third-order valence-electron chi connectivity index (χ3n) is 3.90. The molecule has 0 saturated carbocycles. The van der Waals surface area contributed by atoms with Crippen LogP contribution in [0.3, 0.4) is 0 Å². The summed E-state index contributed by atoms with van der Waals surface area (Å²) in [7, 11) is 1.90. The Kier molecular flexibility index (Phi) is 5.68. The summed E-state index contributed by atoms with van der Waals surface area (Å²) in [6, 6.07) is 13.6. The number of hydrogen-bond acceptors (Lipinski definition) is 5. The first-order valence-corrected chi connectivity index (χ1v) is 9.36. The zero-order valence-electron chi connectivity index (χ0n) is 15.0. The largest absolute Gasteiger partial charge is 0.309 e. The van der Waals surface area contributed by atoms with Crippen molar-refractivity contribution in [3.8, 4) is 11.4 Å². The lowest BCUT2D eigenvalue weighted by Crippen LogP contribution is -2.38. The first-order chi connectivity index (χ1) is 12.6. The minimum absolute atomic E-state index is 0.0436. The summed E-state index contributed by atoms with van der Waals surface area (Å²) in [5, 5.41) is 9.15. The highest BCUT2D eigenvalue weighted by molar-refractivity contribution is 7.99. The summed E-state index contributed by atoms with van der Waals surface area (Å²) < 4.78 is 1.89. The van der Waals surface area contributed by atoms with Crippen molar-refractivity contribution >= 4 is 23.4 Å². The molecule has 0 aliphatic heterocycles. The van der Waals surface area contributed by atoms with Gasteiger partial charge in [0, 0.05) is 36.7 Å². The number of rotatable bonds is 6. The van der Waals surface area contributed by atoms with E-state index < -0.39 is 0 Å². The number of pyridine rings is 1. The molecule has 0 radical (unpaired) electrons. The molecule has 134 valence electrons. The molecule has 0 saturated heterocycles. The maximum Gasteiger partial charge on any atom is 0.237 e. The summed E-state index contributed by atoms with van der Waals surface area (Å²) in [5.41, 5.74) is 1.80. The molecule has 0 N–H and O–H groups in total. The second kappa shape index (κ2) is 8.14. The van der Waals surface area contributed by atoms with E-state index in [4.69, 9.17) is 0 Å². The van der Waals surface area contributed by atoms with Crippen LogP contribution in [0.1, 0.15) is 13.8 Å². The lowest BCUT2D eigenvalue weighted by atomic mass is 10.2. The molecule has 0 spiro atoms. The van der Waals surface area contributed by atoms with Crippen molar-refractivity contribution in [1.82, 2.24) is 19.7 Å². The molecular weight excluding hydrogens is 346 g/mol. The van der Waals surface area contributed by atoms with Crippen LogP contribution < -0.4 is 4.90 Å². The van der Waals surface area contributed by atoms with Gasteiger partial charge in [0.1, 0.15) is 0 Å². The van der Waals surface area contributed by atoms with E-state index in [1.54, 1.807) is 12.4 Å². The van der Waals surface area contributed by atoms with Crippen LogP contribution in [0, 0.1) is 0 Å². The van der Waals surface area contributed by atoms with Gasteiger partial charge in [-0.25, -0.2) is 0 Å². The number of nitrogens with zero attached hydrogens (tertiary/aromatic N) is 5. The summed E-state index contributed by atoms with van der Waals surface area (Å²) in [4.78, 5) is 18.7. The number of thioether (sulfide) groups is 1. The highest BCUT2D eigenvalue weighted by atomic mass is 32.2. The second-order valence-corrected chi connectivity index (χ2v) is 7.03. The van der Waals surface area contributed by atoms with Gasteiger partial charge in [0.2, 0.25) is 5.91 Å². The number of aromatic nitrogens is 4. The number of amides is 1. The molecule has 0 unspecified atom stereocenters. The molecular formula is C19H21N5OS. The van der Waals surface area contributed by atoms with Crippen molar-refractivity contribution in [3.63, 3.8) is 0 Å². The van der Waals surface area contributed by atoms with Gasteiger partial charge in [-0.1, -0.05) is 30.0 Å². The minimum atomic E-state index is 0.0436. The Balaban J connectivity index is 1.72. The number of benzene rings is 1. The molecule has 0 bridgehead atoms. The molecule has 2 heterocycles. The van der Waals surface area contributed by atoms with Crippen LogP contribution in [0.2, 0.25) is 0 Å². The molecule has 7 heteroatoms. The van der Waals surface area contributed by atoms with Crippen LogP contribution in [0.15, 0.2) is 60.0 Å². The van der Waals surface area contributed by atoms with E-state index in [0.29, 0.717) is 10.9 Å². The average molecular weight is 367 g/mol. The summed E-state index contributed by atoms with van der Waals surface area (Å²) in [6.07, 6.45) is 3.47. The van der Waals surface area contributed by atoms with Gasteiger partial charge in [-0.3, -0.25) is 9.78 Å². The SMILES string of the molecule is CC(C)N(C(=O)CSc1nnc(-c2cccnc2)n1C)c1ccccc1. The lowest BCUT2D eigenvalue weighted by molar-refractivity contribution is -0.116. The van der Waals surface area contributed by atoms with Gasteiger partial charge in [0.05, 0.1) is 5.75 Å². The summed E-state index contributed by atoms with van der Waals surface area (Å²) in [6.45, 7) is 4.02. The van der Waals surface area contributed by atoms with Gasteiger partial charge in [0.15, 0.2) is 11.0 Å². The predicted octanol–water partition coefficient (Wildman–Crippen LogP) is 3.41. The molecule has 0 fully saturated rings. The first-order valence-electron chi connectivity index (χ1n) is 8.37. The van der Waals surface area contributed by atoms with Crippen LogP contribution in [0.5, 0.6) is 0 Å². The standard InChI is InChI=1S/C19H21N5OS/c1-14(2)24(16-9-5-4-6-10-16)17(25)13-26-19-22-21-18(23(19)3)15-8-7-11-20-12-15/h4-12,14H,13H2,1-3H3. The Morgan fingerprint density at radius 1 is 1.15 bits per heavy atom. The van der Waals surface area contributed by atoms with Gasteiger partial charge in [-0.15, -0.1) is 10.2 Å². The van der Waals surface area contributed by atoms with E-state index >= 15 is 0 Å². The van der Waals surface area contributed by atoms with E-state index in [9.17, 15) is 4.79 Å². The molecule has 6 nitrogen and oxygen atoms in total. The van der Waals surface area contributed by atoms with E-state index in [1.807, 2.05) is 72.8 Å². The summed E-state index contributed by atoms with van der Waals surface area (Å²) >= 11 is 1.39. The van der Waals surface area contributed by atoms with Crippen molar-refractivity contribution in [2.45, 2.75) is 25.0 Å². The number of hydrogen-bond donors (Lipinski definition) is 0. The van der Waals surface area contributed by atoms with Crippen LogP contribution in [-0.4, -0.2) is 37.5 Å². The van der Waals surface area contributed by atoms with Crippen LogP contribution >= 0.6 is 11.8 Å². The highest BCUT2D eigenvalue weighted by Gasteiger charge is 2.20. The Morgan fingerprint density at radius 2 is 1.92 bits per heavy atom. The maximum atomic E-state index is 12.8. The van der Waals surface area contributed by atoms with Gasteiger partial charge in [-0.2, -0.15) is 0 Å². The third kappa shape index (κ3) is 3.94. The Bertz CT molecular complexity index is 864. The Labute approximate surface area is 157 Å². The Morgan fingerprint density at radius 3 is 2.58 bits per heavy atom. The fraction of sp³-hybridized carbons (Fsp3) is 0.263. The molecule has 26 heavy (non-hydrogen) atoms. The van der Waals surface area contributed by atoms with Crippen molar-refractivity contribution < 1.29 is 4.79 Å². The van der Waals surface area contributed by atoms with Crippen LogP contribution in [0.4, 0.5) is 5.69 Å². The Hall–Kier alpha value is -2.67. The average Bonchev–Trinajstić information content (AvgIpc) is 3.02. The number of carbonyl (C=O) groups is 1. The lowest BCUT2D eigenvalue weighted by Gasteiger charge is -2.26. The quantitative estimate of drug-likeness (QED) is 0.625. The zero-order valence-corrected chi connectivity index (χ0v) is 15.8. The molecule has 0 aliphatic carbocycles.